The minimum atomic E-state index is 0.214. The maximum atomic E-state index is 12.1. The highest BCUT2D eigenvalue weighted by Crippen LogP contribution is 2.44. The van der Waals surface area contributed by atoms with Crippen LogP contribution in [0.15, 0.2) is 0 Å². The van der Waals surface area contributed by atoms with Crippen LogP contribution < -0.4 is 5.32 Å². The third kappa shape index (κ3) is 3.69. The Morgan fingerprint density at radius 2 is 1.68 bits per heavy atom. The smallest absolute Gasteiger partial charge is 0.234 e. The average Bonchev–Trinajstić information content (AvgIpc) is 3.30. The van der Waals surface area contributed by atoms with Crippen molar-refractivity contribution in [3.63, 3.8) is 0 Å². The molecule has 0 aromatic rings. The van der Waals surface area contributed by atoms with Crippen LogP contribution in [0.4, 0.5) is 0 Å². The molecule has 0 spiro atoms. The molecule has 4 heteroatoms. The van der Waals surface area contributed by atoms with Crippen molar-refractivity contribution in [1.82, 2.24) is 10.2 Å². The van der Waals surface area contributed by atoms with Crippen LogP contribution in [-0.2, 0) is 4.79 Å². The van der Waals surface area contributed by atoms with E-state index in [-0.39, 0.29) is 5.91 Å². The fourth-order valence-electron chi connectivity index (χ4n) is 3.29. The van der Waals surface area contributed by atoms with Gasteiger partial charge in [-0.1, -0.05) is 0 Å². The van der Waals surface area contributed by atoms with Crippen LogP contribution in [0.2, 0.25) is 0 Å². The topological polar surface area (TPSA) is 52.6 Å². The average molecular weight is 266 g/mol. The Labute approximate surface area is 115 Å². The molecule has 0 aromatic carbocycles. The molecule has 19 heavy (non-hydrogen) atoms. The molecule has 0 unspecified atom stereocenters. The summed E-state index contributed by atoms with van der Waals surface area (Å²) in [4.78, 5) is 14.4. The highest BCUT2D eigenvalue weighted by molar-refractivity contribution is 5.78. The minimum absolute atomic E-state index is 0.214. The predicted octanol–water partition coefficient (Wildman–Crippen LogP) is 0.995. The maximum Gasteiger partial charge on any atom is 0.234 e. The summed E-state index contributed by atoms with van der Waals surface area (Å²) in [5, 5.41) is 12.4. The molecule has 1 amide bonds. The van der Waals surface area contributed by atoms with Gasteiger partial charge in [-0.05, 0) is 69.4 Å². The second-order valence-electron chi connectivity index (χ2n) is 6.67. The highest BCUT2D eigenvalue weighted by Gasteiger charge is 2.42. The number of aliphatic hydroxyl groups is 1. The SMILES string of the molecule is O=C(CN1CCC(CO)CC1)NC(C1CC1)C1CC1. The van der Waals surface area contributed by atoms with Gasteiger partial charge in [0.1, 0.15) is 0 Å². The van der Waals surface area contributed by atoms with Crippen molar-refractivity contribution in [2.75, 3.05) is 26.2 Å². The molecule has 0 atom stereocenters. The first-order valence-corrected chi connectivity index (χ1v) is 7.89. The van der Waals surface area contributed by atoms with Crippen molar-refractivity contribution < 1.29 is 9.90 Å². The number of amides is 1. The summed E-state index contributed by atoms with van der Waals surface area (Å²) in [6, 6.07) is 0.475. The number of carbonyl (C=O) groups is 1. The van der Waals surface area contributed by atoms with Crippen molar-refractivity contribution in [2.45, 2.75) is 44.6 Å². The van der Waals surface area contributed by atoms with Gasteiger partial charge in [-0.15, -0.1) is 0 Å². The molecule has 3 aliphatic rings. The number of rotatable bonds is 6. The van der Waals surface area contributed by atoms with Crippen LogP contribution >= 0.6 is 0 Å². The lowest BCUT2D eigenvalue weighted by Crippen LogP contribution is -2.46. The van der Waals surface area contributed by atoms with Crippen molar-refractivity contribution in [1.29, 1.82) is 0 Å². The Balaban J connectivity index is 1.41. The van der Waals surface area contributed by atoms with E-state index >= 15 is 0 Å². The number of likely N-dealkylation sites (tertiary alicyclic amines) is 1. The van der Waals surface area contributed by atoms with Crippen LogP contribution in [0.25, 0.3) is 0 Å². The van der Waals surface area contributed by atoms with Crippen molar-refractivity contribution in [3.05, 3.63) is 0 Å². The number of aliphatic hydroxyl groups excluding tert-OH is 1. The largest absolute Gasteiger partial charge is 0.396 e. The van der Waals surface area contributed by atoms with E-state index < -0.39 is 0 Å². The summed E-state index contributed by atoms with van der Waals surface area (Å²) < 4.78 is 0. The zero-order valence-corrected chi connectivity index (χ0v) is 11.7. The molecule has 2 N–H and O–H groups in total. The molecule has 1 saturated heterocycles. The lowest BCUT2D eigenvalue weighted by atomic mass is 9.98. The maximum absolute atomic E-state index is 12.1. The van der Waals surface area contributed by atoms with Crippen molar-refractivity contribution in [3.8, 4) is 0 Å². The Hall–Kier alpha value is -0.610. The molecule has 4 nitrogen and oxygen atoms in total. The Morgan fingerprint density at radius 1 is 1.11 bits per heavy atom. The quantitative estimate of drug-likeness (QED) is 0.754. The summed E-state index contributed by atoms with van der Waals surface area (Å²) in [7, 11) is 0. The second kappa shape index (κ2) is 5.80. The number of hydrogen-bond acceptors (Lipinski definition) is 3. The number of carbonyl (C=O) groups excluding carboxylic acids is 1. The van der Waals surface area contributed by atoms with Crippen LogP contribution in [0.1, 0.15) is 38.5 Å². The molecule has 1 aliphatic heterocycles. The summed E-state index contributed by atoms with van der Waals surface area (Å²) >= 11 is 0. The Bertz CT molecular complexity index is 306. The first-order chi connectivity index (χ1) is 9.26. The van der Waals surface area contributed by atoms with Gasteiger partial charge in [0, 0.05) is 12.6 Å². The molecule has 0 bridgehead atoms. The van der Waals surface area contributed by atoms with Crippen LogP contribution in [-0.4, -0.2) is 48.2 Å². The van der Waals surface area contributed by atoms with Gasteiger partial charge in [0.15, 0.2) is 0 Å². The fourth-order valence-corrected chi connectivity index (χ4v) is 3.29. The molecular formula is C15H26N2O2. The monoisotopic (exact) mass is 266 g/mol. The van der Waals surface area contributed by atoms with Crippen molar-refractivity contribution in [2.24, 2.45) is 17.8 Å². The van der Waals surface area contributed by atoms with Gasteiger partial charge in [0.25, 0.3) is 0 Å². The zero-order valence-electron chi connectivity index (χ0n) is 11.7. The fraction of sp³-hybridized carbons (Fsp3) is 0.933. The summed E-state index contributed by atoms with van der Waals surface area (Å²) in [6.45, 7) is 2.76. The van der Waals surface area contributed by atoms with Crippen molar-refractivity contribution >= 4 is 5.91 Å². The Morgan fingerprint density at radius 3 is 2.16 bits per heavy atom. The van der Waals surface area contributed by atoms with Gasteiger partial charge in [-0.3, -0.25) is 9.69 Å². The number of nitrogens with zero attached hydrogens (tertiary/aromatic N) is 1. The first kappa shape index (κ1) is 13.4. The van der Waals surface area contributed by atoms with Gasteiger partial charge in [-0.2, -0.15) is 0 Å². The van der Waals surface area contributed by atoms with Crippen LogP contribution in [0.3, 0.4) is 0 Å². The van der Waals surface area contributed by atoms with E-state index in [2.05, 4.69) is 10.2 Å². The van der Waals surface area contributed by atoms with Gasteiger partial charge in [0.05, 0.1) is 6.54 Å². The first-order valence-electron chi connectivity index (χ1n) is 7.89. The highest BCUT2D eigenvalue weighted by atomic mass is 16.3. The van der Waals surface area contributed by atoms with E-state index in [1.54, 1.807) is 0 Å². The molecule has 3 rings (SSSR count). The Kier molecular flexibility index (Phi) is 4.08. The van der Waals surface area contributed by atoms with E-state index in [4.69, 9.17) is 5.11 Å². The van der Waals surface area contributed by atoms with E-state index in [0.717, 1.165) is 37.8 Å². The van der Waals surface area contributed by atoms with E-state index in [0.29, 0.717) is 25.1 Å². The molecule has 2 saturated carbocycles. The third-order valence-corrected chi connectivity index (χ3v) is 4.92. The van der Waals surface area contributed by atoms with Gasteiger partial charge in [0.2, 0.25) is 5.91 Å². The molecule has 2 aliphatic carbocycles. The third-order valence-electron chi connectivity index (χ3n) is 4.92. The van der Waals surface area contributed by atoms with Gasteiger partial charge < -0.3 is 10.4 Å². The molecule has 0 radical (unpaired) electrons. The molecule has 0 aromatic heterocycles. The standard InChI is InChI=1S/C15H26N2O2/c18-10-11-5-7-17(8-6-11)9-14(19)16-15(12-1-2-12)13-3-4-13/h11-13,15,18H,1-10H2,(H,16,19). The summed E-state index contributed by atoms with van der Waals surface area (Å²) in [6.07, 6.45) is 7.29. The van der Waals surface area contributed by atoms with Crippen LogP contribution in [0, 0.1) is 17.8 Å². The summed E-state index contributed by atoms with van der Waals surface area (Å²) in [5.41, 5.74) is 0. The van der Waals surface area contributed by atoms with Crippen LogP contribution in [0.5, 0.6) is 0 Å². The summed E-state index contributed by atoms with van der Waals surface area (Å²) in [5.74, 6) is 2.21. The minimum Gasteiger partial charge on any atom is -0.396 e. The van der Waals surface area contributed by atoms with Gasteiger partial charge >= 0.3 is 0 Å². The van der Waals surface area contributed by atoms with E-state index in [1.165, 1.54) is 25.7 Å². The normalized spacial score (nSPS) is 25.8. The molecule has 108 valence electrons. The lowest BCUT2D eigenvalue weighted by Gasteiger charge is -2.31. The number of hydrogen-bond donors (Lipinski definition) is 2. The van der Waals surface area contributed by atoms with E-state index in [9.17, 15) is 4.79 Å². The van der Waals surface area contributed by atoms with Gasteiger partial charge in [-0.25, -0.2) is 0 Å². The molecule has 1 heterocycles. The predicted molar refractivity (Wildman–Crippen MR) is 73.6 cm³/mol. The molecule has 3 fully saturated rings. The van der Waals surface area contributed by atoms with E-state index in [1.807, 2.05) is 0 Å². The number of nitrogens with one attached hydrogen (secondary N) is 1. The second-order valence-corrected chi connectivity index (χ2v) is 6.67. The zero-order chi connectivity index (χ0) is 13.2. The molecular weight excluding hydrogens is 240 g/mol. The lowest BCUT2D eigenvalue weighted by molar-refractivity contribution is -0.123. The number of piperidine rings is 1.